The van der Waals surface area contributed by atoms with Crippen LogP contribution in [0, 0.1) is 5.92 Å². The second kappa shape index (κ2) is 6.60. The van der Waals surface area contributed by atoms with Crippen molar-refractivity contribution >= 4 is 23.2 Å². The van der Waals surface area contributed by atoms with Crippen molar-refractivity contribution in [3.05, 3.63) is 30.3 Å². The summed E-state index contributed by atoms with van der Waals surface area (Å²) in [6, 6.07) is 8.64. The summed E-state index contributed by atoms with van der Waals surface area (Å²) >= 11 is 0. The van der Waals surface area contributed by atoms with Crippen LogP contribution in [-0.2, 0) is 9.59 Å². The van der Waals surface area contributed by atoms with Crippen molar-refractivity contribution in [1.82, 2.24) is 5.32 Å². The number of hydrogen-bond donors (Lipinski definition) is 2. The number of primary amides is 1. The minimum absolute atomic E-state index is 0.0352. The van der Waals surface area contributed by atoms with Gasteiger partial charge in [-0.15, -0.1) is 0 Å². The first-order chi connectivity index (χ1) is 10.4. The van der Waals surface area contributed by atoms with E-state index in [1.54, 1.807) is 0 Å². The first-order valence-electron chi connectivity index (χ1n) is 7.42. The fraction of sp³-hybridized carbons (Fsp3) is 0.438. The highest BCUT2D eigenvalue weighted by Gasteiger charge is 2.35. The normalized spacial score (nSPS) is 19.0. The third-order valence-electron chi connectivity index (χ3n) is 3.88. The van der Waals surface area contributed by atoms with E-state index in [9.17, 15) is 9.59 Å². The van der Waals surface area contributed by atoms with Crippen molar-refractivity contribution in [3.8, 4) is 0 Å². The zero-order valence-electron chi connectivity index (χ0n) is 13.1. The maximum atomic E-state index is 12.3. The van der Waals surface area contributed by atoms with Crippen LogP contribution in [0.5, 0.6) is 0 Å². The van der Waals surface area contributed by atoms with Gasteiger partial charge in [-0.05, 0) is 25.0 Å². The Labute approximate surface area is 130 Å². The monoisotopic (exact) mass is 302 g/mol. The van der Waals surface area contributed by atoms with Gasteiger partial charge in [0.15, 0.2) is 0 Å². The van der Waals surface area contributed by atoms with Crippen molar-refractivity contribution in [1.29, 1.82) is 0 Å². The van der Waals surface area contributed by atoms with Crippen LogP contribution in [-0.4, -0.2) is 29.6 Å². The van der Waals surface area contributed by atoms with E-state index in [4.69, 9.17) is 5.73 Å². The summed E-state index contributed by atoms with van der Waals surface area (Å²) in [5.74, 6) is -0.415. The molecule has 2 amide bonds. The Kier molecular flexibility index (Phi) is 4.80. The lowest BCUT2D eigenvalue weighted by molar-refractivity contribution is -0.119. The topological polar surface area (TPSA) is 87.8 Å². The quantitative estimate of drug-likeness (QED) is 0.858. The van der Waals surface area contributed by atoms with Gasteiger partial charge in [0.1, 0.15) is 11.8 Å². The molecule has 0 bridgehead atoms. The van der Waals surface area contributed by atoms with Gasteiger partial charge in [0.05, 0.1) is 5.69 Å². The number of anilines is 1. The molecule has 1 aliphatic rings. The van der Waals surface area contributed by atoms with Gasteiger partial charge in [-0.3, -0.25) is 14.6 Å². The van der Waals surface area contributed by atoms with Gasteiger partial charge in [0.25, 0.3) is 5.91 Å². The van der Waals surface area contributed by atoms with Crippen LogP contribution in [0.1, 0.15) is 27.2 Å². The number of nitrogens with two attached hydrogens (primary N) is 1. The number of carbonyl (C=O) groups is 2. The van der Waals surface area contributed by atoms with Crippen LogP contribution in [0.25, 0.3) is 0 Å². The van der Waals surface area contributed by atoms with Crippen molar-refractivity contribution < 1.29 is 9.59 Å². The molecule has 1 aliphatic heterocycles. The first-order valence-corrected chi connectivity index (χ1v) is 7.42. The molecule has 22 heavy (non-hydrogen) atoms. The third kappa shape index (κ3) is 3.44. The van der Waals surface area contributed by atoms with Gasteiger partial charge in [0.2, 0.25) is 5.91 Å². The standard InChI is InChI=1S/C16H22N4O2/c1-10(2)11(3)18-16(22)13-9-14(15(17)21)20(19-13)12-7-5-4-6-8-12/h4-8,10-11,14H,9H2,1-3H3,(H2,17,21)(H,18,22). The number of rotatable bonds is 5. The number of para-hydroxylation sites is 1. The predicted molar refractivity (Wildman–Crippen MR) is 86.4 cm³/mol. The number of carbonyl (C=O) groups excluding carboxylic acids is 2. The van der Waals surface area contributed by atoms with Crippen molar-refractivity contribution in [2.75, 3.05) is 5.01 Å². The first kappa shape index (κ1) is 16.0. The Morgan fingerprint density at radius 1 is 1.27 bits per heavy atom. The Balaban J connectivity index is 2.20. The summed E-state index contributed by atoms with van der Waals surface area (Å²) in [5.41, 5.74) is 6.53. The molecule has 0 saturated carbocycles. The van der Waals surface area contributed by atoms with Crippen molar-refractivity contribution in [3.63, 3.8) is 0 Å². The molecule has 0 aliphatic carbocycles. The maximum Gasteiger partial charge on any atom is 0.267 e. The molecule has 1 heterocycles. The second-order valence-corrected chi connectivity index (χ2v) is 5.86. The molecule has 1 aromatic carbocycles. The van der Waals surface area contributed by atoms with Crippen LogP contribution in [0.3, 0.4) is 0 Å². The lowest BCUT2D eigenvalue weighted by Crippen LogP contribution is -2.41. The molecular weight excluding hydrogens is 280 g/mol. The van der Waals surface area contributed by atoms with E-state index in [1.807, 2.05) is 51.1 Å². The van der Waals surface area contributed by atoms with Crippen molar-refractivity contribution in [2.24, 2.45) is 16.8 Å². The van der Waals surface area contributed by atoms with Crippen LogP contribution >= 0.6 is 0 Å². The van der Waals surface area contributed by atoms with Gasteiger partial charge in [0, 0.05) is 12.5 Å². The average molecular weight is 302 g/mol. The summed E-state index contributed by atoms with van der Waals surface area (Å²) in [7, 11) is 0. The number of nitrogens with zero attached hydrogens (tertiary/aromatic N) is 2. The molecule has 2 unspecified atom stereocenters. The maximum absolute atomic E-state index is 12.3. The molecule has 0 fully saturated rings. The van der Waals surface area contributed by atoms with Gasteiger partial charge in [-0.1, -0.05) is 32.0 Å². The molecule has 0 spiro atoms. The summed E-state index contributed by atoms with van der Waals surface area (Å²) in [4.78, 5) is 23.9. The van der Waals surface area contributed by atoms with E-state index in [-0.39, 0.29) is 18.4 Å². The van der Waals surface area contributed by atoms with Gasteiger partial charge >= 0.3 is 0 Å². The lowest BCUT2D eigenvalue weighted by Gasteiger charge is -2.20. The smallest absolute Gasteiger partial charge is 0.267 e. The van der Waals surface area contributed by atoms with Crippen molar-refractivity contribution in [2.45, 2.75) is 39.3 Å². The third-order valence-corrected chi connectivity index (χ3v) is 3.88. The predicted octanol–water partition coefficient (Wildman–Crippen LogP) is 1.27. The molecule has 0 aromatic heterocycles. The molecular formula is C16H22N4O2. The van der Waals surface area contributed by atoms with Crippen LogP contribution in [0.15, 0.2) is 35.4 Å². The number of benzene rings is 1. The Morgan fingerprint density at radius 3 is 2.45 bits per heavy atom. The highest BCUT2D eigenvalue weighted by Crippen LogP contribution is 2.24. The number of hydrogen-bond acceptors (Lipinski definition) is 4. The summed E-state index contributed by atoms with van der Waals surface area (Å²) < 4.78 is 0. The van der Waals surface area contributed by atoms with E-state index in [0.717, 1.165) is 5.69 Å². The zero-order valence-corrected chi connectivity index (χ0v) is 13.1. The summed E-state index contributed by atoms with van der Waals surface area (Å²) in [6.07, 6.45) is 0.223. The van der Waals surface area contributed by atoms with E-state index < -0.39 is 11.9 Å². The minimum Gasteiger partial charge on any atom is -0.368 e. The number of nitrogens with one attached hydrogen (secondary N) is 1. The highest BCUT2D eigenvalue weighted by atomic mass is 16.2. The second-order valence-electron chi connectivity index (χ2n) is 5.86. The van der Waals surface area contributed by atoms with E-state index in [2.05, 4.69) is 10.4 Å². The Morgan fingerprint density at radius 2 is 1.91 bits per heavy atom. The van der Waals surface area contributed by atoms with Gasteiger partial charge in [-0.2, -0.15) is 5.10 Å². The van der Waals surface area contributed by atoms with Gasteiger partial charge in [-0.25, -0.2) is 0 Å². The molecule has 6 heteroatoms. The fourth-order valence-electron chi connectivity index (χ4n) is 2.14. The molecule has 1 aromatic rings. The molecule has 2 rings (SSSR count). The number of amides is 2. The molecule has 3 N–H and O–H groups in total. The number of hydrazone groups is 1. The SMILES string of the molecule is CC(C)C(C)NC(=O)C1=NN(c2ccccc2)C(C(N)=O)C1. The summed E-state index contributed by atoms with van der Waals surface area (Å²) in [5, 5.41) is 8.74. The molecule has 2 atom stereocenters. The van der Waals surface area contributed by atoms with Gasteiger partial charge < -0.3 is 11.1 Å². The minimum atomic E-state index is -0.627. The lowest BCUT2D eigenvalue weighted by atomic mass is 10.1. The van der Waals surface area contributed by atoms with Crippen LogP contribution in [0.4, 0.5) is 5.69 Å². The average Bonchev–Trinajstić information content (AvgIpc) is 2.93. The van der Waals surface area contributed by atoms with Crippen LogP contribution in [0.2, 0.25) is 0 Å². The molecule has 118 valence electrons. The zero-order chi connectivity index (χ0) is 16.3. The van der Waals surface area contributed by atoms with Crippen LogP contribution < -0.4 is 16.1 Å². The highest BCUT2D eigenvalue weighted by molar-refractivity contribution is 6.40. The fourth-order valence-corrected chi connectivity index (χ4v) is 2.14. The van der Waals surface area contributed by atoms with E-state index in [1.165, 1.54) is 5.01 Å². The van der Waals surface area contributed by atoms with E-state index >= 15 is 0 Å². The largest absolute Gasteiger partial charge is 0.368 e. The molecule has 6 nitrogen and oxygen atoms in total. The molecule has 0 saturated heterocycles. The Bertz CT molecular complexity index is 583. The Hall–Kier alpha value is -2.37. The summed E-state index contributed by atoms with van der Waals surface area (Å²) in [6.45, 7) is 6.01. The van der Waals surface area contributed by atoms with E-state index in [0.29, 0.717) is 11.6 Å². The molecule has 0 radical (unpaired) electrons.